The van der Waals surface area contributed by atoms with E-state index in [0.717, 1.165) is 21.1 Å². The smallest absolute Gasteiger partial charge is 0.217 e. The van der Waals surface area contributed by atoms with E-state index in [0.29, 0.717) is 30.0 Å². The number of halogens is 2. The van der Waals surface area contributed by atoms with Crippen LogP contribution >= 0.6 is 15.9 Å². The molecule has 2 atom stereocenters. The second-order valence-corrected chi connectivity index (χ2v) is 10.3. The van der Waals surface area contributed by atoms with Crippen molar-refractivity contribution in [1.82, 2.24) is 14.9 Å². The molecule has 4 rings (SSSR count). The lowest BCUT2D eigenvalue weighted by Gasteiger charge is -2.39. The summed E-state index contributed by atoms with van der Waals surface area (Å²) in [6.07, 6.45) is 1.97. The summed E-state index contributed by atoms with van der Waals surface area (Å²) in [5, 5.41) is 13.5. The Morgan fingerprint density at radius 1 is 1.05 bits per heavy atom. The molecule has 0 aliphatic heterocycles. The first-order valence-corrected chi connectivity index (χ1v) is 12.7. The number of hydrogen-bond donors (Lipinski definition) is 1. The number of rotatable bonds is 9. The van der Waals surface area contributed by atoms with E-state index < -0.39 is 17.3 Å². The Morgan fingerprint density at radius 3 is 2.51 bits per heavy atom. The van der Waals surface area contributed by atoms with Gasteiger partial charge in [0.15, 0.2) is 11.6 Å². The first-order chi connectivity index (χ1) is 17.7. The minimum absolute atomic E-state index is 0.0961. The van der Waals surface area contributed by atoms with Gasteiger partial charge in [0.1, 0.15) is 5.60 Å². The Morgan fingerprint density at radius 2 is 1.84 bits per heavy atom. The van der Waals surface area contributed by atoms with Crippen LogP contribution in [0, 0.1) is 12.7 Å². The number of hydrogen-bond acceptors (Lipinski definition) is 6. The predicted octanol–water partition coefficient (Wildman–Crippen LogP) is 5.83. The first-order valence-electron chi connectivity index (χ1n) is 11.9. The van der Waals surface area contributed by atoms with E-state index in [4.69, 9.17) is 14.5 Å². The summed E-state index contributed by atoms with van der Waals surface area (Å²) >= 11 is 3.53. The first kappa shape index (κ1) is 27.0. The maximum Gasteiger partial charge on any atom is 0.217 e. The van der Waals surface area contributed by atoms with Crippen molar-refractivity contribution in [1.29, 1.82) is 0 Å². The summed E-state index contributed by atoms with van der Waals surface area (Å²) in [6, 6.07) is 16.3. The van der Waals surface area contributed by atoms with Crippen LogP contribution < -0.4 is 9.47 Å². The molecule has 0 amide bonds. The van der Waals surface area contributed by atoms with E-state index in [2.05, 4.69) is 20.9 Å². The largest absolute Gasteiger partial charge is 0.494 e. The van der Waals surface area contributed by atoms with E-state index in [1.165, 1.54) is 14.2 Å². The van der Waals surface area contributed by atoms with Crippen molar-refractivity contribution in [2.75, 3.05) is 34.9 Å². The molecule has 8 heteroatoms. The standard InChI is InChI=1S/C29H31BrFN3O3/c1-18-15-20(11-13-32-18)29(35,12-14-34(2)3)26(22-7-6-8-25(36-4)27(22)31)23-17-19-16-21(30)9-10-24(19)33-28(23)37-5/h6-11,13,15-17,26,35H,12,14H2,1-5H3. The van der Waals surface area contributed by atoms with Crippen molar-refractivity contribution in [2.24, 2.45) is 0 Å². The average molecular weight is 568 g/mol. The molecule has 0 aliphatic carbocycles. The van der Waals surface area contributed by atoms with Crippen LogP contribution in [0.1, 0.15) is 34.7 Å². The number of aryl methyl sites for hydroxylation is 1. The van der Waals surface area contributed by atoms with Gasteiger partial charge in [-0.15, -0.1) is 0 Å². The molecular weight excluding hydrogens is 537 g/mol. The summed E-state index contributed by atoms with van der Waals surface area (Å²) < 4.78 is 28.0. The highest BCUT2D eigenvalue weighted by molar-refractivity contribution is 9.10. The lowest BCUT2D eigenvalue weighted by molar-refractivity contribution is 0.00268. The molecule has 6 nitrogen and oxygen atoms in total. The zero-order chi connectivity index (χ0) is 26.7. The van der Waals surface area contributed by atoms with Crippen LogP contribution in [0.15, 0.2) is 65.3 Å². The Kier molecular flexibility index (Phi) is 8.11. The minimum atomic E-state index is -1.54. The Balaban J connectivity index is 2.09. The van der Waals surface area contributed by atoms with Crippen molar-refractivity contribution < 1.29 is 19.0 Å². The molecule has 4 aromatic rings. The molecule has 0 fully saturated rings. The fourth-order valence-electron chi connectivity index (χ4n) is 4.77. The molecule has 0 aliphatic rings. The molecule has 0 radical (unpaired) electrons. The van der Waals surface area contributed by atoms with Gasteiger partial charge in [-0.3, -0.25) is 4.98 Å². The van der Waals surface area contributed by atoms with Gasteiger partial charge in [0.2, 0.25) is 5.88 Å². The minimum Gasteiger partial charge on any atom is -0.494 e. The molecule has 1 N–H and O–H groups in total. The van der Waals surface area contributed by atoms with Crippen LogP contribution in [0.2, 0.25) is 0 Å². The van der Waals surface area contributed by atoms with Crippen molar-refractivity contribution in [3.63, 3.8) is 0 Å². The number of fused-ring (bicyclic) bond motifs is 1. The number of aromatic nitrogens is 2. The van der Waals surface area contributed by atoms with Crippen molar-refractivity contribution in [3.05, 3.63) is 93.5 Å². The van der Waals surface area contributed by atoms with Crippen LogP contribution in [0.3, 0.4) is 0 Å². The van der Waals surface area contributed by atoms with Crippen molar-refractivity contribution in [3.8, 4) is 11.6 Å². The van der Waals surface area contributed by atoms with Crippen LogP contribution in [0.5, 0.6) is 11.6 Å². The maximum atomic E-state index is 16.0. The highest BCUT2D eigenvalue weighted by Crippen LogP contribution is 2.49. The third-order valence-corrected chi connectivity index (χ3v) is 7.11. The quantitative estimate of drug-likeness (QED) is 0.274. The van der Waals surface area contributed by atoms with Gasteiger partial charge in [-0.05, 0) is 75.5 Å². The maximum absolute atomic E-state index is 16.0. The molecule has 0 bridgehead atoms. The molecule has 194 valence electrons. The lowest BCUT2D eigenvalue weighted by atomic mass is 9.71. The number of methoxy groups -OCH3 is 2. The summed E-state index contributed by atoms with van der Waals surface area (Å²) in [4.78, 5) is 11.1. The molecule has 0 saturated carbocycles. The molecule has 0 saturated heterocycles. The highest BCUT2D eigenvalue weighted by atomic mass is 79.9. The molecule has 2 heterocycles. The van der Waals surface area contributed by atoms with E-state index in [1.54, 1.807) is 30.5 Å². The summed E-state index contributed by atoms with van der Waals surface area (Å²) in [6.45, 7) is 2.42. The zero-order valence-corrected chi connectivity index (χ0v) is 23.2. The Hall–Kier alpha value is -3.07. The number of aliphatic hydroxyl groups is 1. The zero-order valence-electron chi connectivity index (χ0n) is 21.6. The van der Waals surface area contributed by atoms with E-state index in [-0.39, 0.29) is 11.3 Å². The van der Waals surface area contributed by atoms with Gasteiger partial charge in [-0.25, -0.2) is 9.37 Å². The van der Waals surface area contributed by atoms with Crippen LogP contribution in [0.4, 0.5) is 4.39 Å². The lowest BCUT2D eigenvalue weighted by Crippen LogP contribution is -2.38. The highest BCUT2D eigenvalue weighted by Gasteiger charge is 2.44. The van der Waals surface area contributed by atoms with Gasteiger partial charge in [0, 0.05) is 39.4 Å². The molecule has 2 aromatic carbocycles. The Bertz CT molecular complexity index is 1410. The molecule has 0 spiro atoms. The van der Waals surface area contributed by atoms with Gasteiger partial charge < -0.3 is 19.5 Å². The van der Waals surface area contributed by atoms with Gasteiger partial charge in [-0.1, -0.05) is 28.1 Å². The molecule has 2 unspecified atom stereocenters. The van der Waals surface area contributed by atoms with Crippen LogP contribution in [-0.4, -0.2) is 54.8 Å². The third-order valence-electron chi connectivity index (χ3n) is 6.61. The number of pyridine rings is 2. The normalized spacial score (nSPS) is 14.0. The number of nitrogens with zero attached hydrogens (tertiary/aromatic N) is 3. The molecule has 37 heavy (non-hydrogen) atoms. The second-order valence-electron chi connectivity index (χ2n) is 9.38. The van der Waals surface area contributed by atoms with E-state index >= 15 is 4.39 Å². The van der Waals surface area contributed by atoms with Crippen LogP contribution in [-0.2, 0) is 5.60 Å². The van der Waals surface area contributed by atoms with Gasteiger partial charge in [-0.2, -0.15) is 0 Å². The molecule has 2 aromatic heterocycles. The number of benzene rings is 2. The SMILES string of the molecule is COc1cccc(C(c2cc3cc(Br)ccc3nc2OC)C(O)(CCN(C)C)c2ccnc(C)c2)c1F. The fourth-order valence-corrected chi connectivity index (χ4v) is 5.15. The van der Waals surface area contributed by atoms with Crippen LogP contribution in [0.25, 0.3) is 10.9 Å². The van der Waals surface area contributed by atoms with Gasteiger partial charge in [0.05, 0.1) is 25.7 Å². The fraction of sp³-hybridized carbons (Fsp3) is 0.310. The topological polar surface area (TPSA) is 67.7 Å². The monoisotopic (exact) mass is 567 g/mol. The number of ether oxygens (including phenoxy) is 2. The van der Waals surface area contributed by atoms with E-state index in [1.807, 2.05) is 56.3 Å². The summed E-state index contributed by atoms with van der Waals surface area (Å²) in [5.41, 5.74) is 1.41. The van der Waals surface area contributed by atoms with Crippen molar-refractivity contribution in [2.45, 2.75) is 24.9 Å². The summed E-state index contributed by atoms with van der Waals surface area (Å²) in [7, 11) is 6.84. The predicted molar refractivity (Wildman–Crippen MR) is 147 cm³/mol. The third kappa shape index (κ3) is 5.46. The van der Waals surface area contributed by atoms with E-state index in [9.17, 15) is 5.11 Å². The second kappa shape index (κ2) is 11.1. The van der Waals surface area contributed by atoms with Gasteiger partial charge >= 0.3 is 0 Å². The summed E-state index contributed by atoms with van der Waals surface area (Å²) in [5.74, 6) is -1.01. The molecular formula is C29H31BrFN3O3. The average Bonchev–Trinajstić information content (AvgIpc) is 2.88. The van der Waals surface area contributed by atoms with Gasteiger partial charge in [0.25, 0.3) is 0 Å². The Labute approximate surface area is 225 Å². The van der Waals surface area contributed by atoms with Crippen molar-refractivity contribution >= 4 is 26.8 Å².